The molecule has 0 radical (unpaired) electrons. The van der Waals surface area contributed by atoms with E-state index in [0.717, 1.165) is 38.2 Å². The Labute approximate surface area is 108 Å². The number of unbranched alkanes of at least 4 members (excludes halogenated alkanes) is 2. The molecule has 1 heterocycles. The minimum Gasteiger partial charge on any atom is -0.358 e. The van der Waals surface area contributed by atoms with E-state index in [1.807, 2.05) is 11.9 Å². The lowest BCUT2D eigenvalue weighted by molar-refractivity contribution is 0.0957. The van der Waals surface area contributed by atoms with Gasteiger partial charge in [0.25, 0.3) is 5.91 Å². The molecule has 0 aliphatic carbocycles. The van der Waals surface area contributed by atoms with Gasteiger partial charge in [0.2, 0.25) is 0 Å². The molecule has 18 heavy (non-hydrogen) atoms. The molecule has 0 atom stereocenters. The number of anilines is 1. The molecule has 100 valence electrons. The molecule has 0 fully saturated rings. The number of carbonyl (C=O) groups is 1. The second-order valence-corrected chi connectivity index (χ2v) is 4.13. The first-order chi connectivity index (χ1) is 8.69. The Balaban J connectivity index is 2.48. The van der Waals surface area contributed by atoms with E-state index in [9.17, 15) is 4.79 Å². The number of amides is 1. The Kier molecular flexibility index (Phi) is 6.07. The van der Waals surface area contributed by atoms with Crippen molar-refractivity contribution in [3.8, 4) is 0 Å². The summed E-state index contributed by atoms with van der Waals surface area (Å²) >= 11 is 0. The number of hydrogen-bond donors (Lipinski definition) is 2. The first-order valence-corrected chi connectivity index (χ1v) is 6.16. The number of nitrogens with one attached hydrogen (secondary N) is 1. The van der Waals surface area contributed by atoms with Crippen molar-refractivity contribution in [2.75, 3.05) is 32.1 Å². The van der Waals surface area contributed by atoms with Gasteiger partial charge in [-0.1, -0.05) is 6.42 Å². The normalized spacial score (nSPS) is 10.2. The van der Waals surface area contributed by atoms with E-state index in [-0.39, 0.29) is 5.91 Å². The zero-order chi connectivity index (χ0) is 13.4. The molecule has 0 saturated heterocycles. The fourth-order valence-electron chi connectivity index (χ4n) is 1.56. The second kappa shape index (κ2) is 7.60. The predicted octanol–water partition coefficient (Wildman–Crippen LogP) is 0.401. The third kappa shape index (κ3) is 4.29. The first kappa shape index (κ1) is 14.4. The summed E-state index contributed by atoms with van der Waals surface area (Å²) in [4.78, 5) is 13.3. The van der Waals surface area contributed by atoms with Crippen LogP contribution in [0.1, 0.15) is 29.8 Å². The highest BCUT2D eigenvalue weighted by Gasteiger charge is 2.07. The van der Waals surface area contributed by atoms with Crippen LogP contribution in [0.2, 0.25) is 0 Å². The van der Waals surface area contributed by atoms with Gasteiger partial charge in [0, 0.05) is 20.6 Å². The first-order valence-electron chi connectivity index (χ1n) is 6.16. The summed E-state index contributed by atoms with van der Waals surface area (Å²) in [6.07, 6.45) is 3.24. The molecular weight excluding hydrogens is 230 g/mol. The smallest absolute Gasteiger partial charge is 0.271 e. The molecule has 1 aromatic rings. The van der Waals surface area contributed by atoms with Crippen molar-refractivity contribution in [2.45, 2.75) is 19.3 Å². The van der Waals surface area contributed by atoms with Crippen molar-refractivity contribution in [3.05, 3.63) is 17.8 Å². The van der Waals surface area contributed by atoms with E-state index in [0.29, 0.717) is 5.69 Å². The van der Waals surface area contributed by atoms with Crippen LogP contribution in [0.25, 0.3) is 0 Å². The van der Waals surface area contributed by atoms with Gasteiger partial charge in [-0.15, -0.1) is 10.2 Å². The topological polar surface area (TPSA) is 84.1 Å². The largest absolute Gasteiger partial charge is 0.358 e. The summed E-state index contributed by atoms with van der Waals surface area (Å²) in [5.74, 6) is 0.551. The molecule has 1 aromatic heterocycles. The summed E-state index contributed by atoms with van der Waals surface area (Å²) < 4.78 is 0. The Hall–Kier alpha value is -1.69. The monoisotopic (exact) mass is 251 g/mol. The molecule has 0 saturated carbocycles. The fraction of sp³-hybridized carbons (Fsp3) is 0.583. The van der Waals surface area contributed by atoms with Gasteiger partial charge in [0.1, 0.15) is 0 Å². The number of nitrogens with zero attached hydrogens (tertiary/aromatic N) is 3. The number of hydrogen-bond acceptors (Lipinski definition) is 5. The van der Waals surface area contributed by atoms with Crippen molar-refractivity contribution in [1.82, 2.24) is 15.5 Å². The molecule has 6 heteroatoms. The number of carbonyl (C=O) groups excluding carboxylic acids is 1. The summed E-state index contributed by atoms with van der Waals surface area (Å²) in [7, 11) is 3.54. The molecule has 3 N–H and O–H groups in total. The van der Waals surface area contributed by atoms with E-state index in [2.05, 4.69) is 15.5 Å². The maximum Gasteiger partial charge on any atom is 0.271 e. The van der Waals surface area contributed by atoms with Crippen LogP contribution in [-0.4, -0.2) is 43.3 Å². The highest BCUT2D eigenvalue weighted by Crippen LogP contribution is 2.08. The molecular formula is C12H21N5O. The van der Waals surface area contributed by atoms with Gasteiger partial charge < -0.3 is 16.0 Å². The van der Waals surface area contributed by atoms with Crippen molar-refractivity contribution in [2.24, 2.45) is 5.73 Å². The van der Waals surface area contributed by atoms with Crippen molar-refractivity contribution in [3.63, 3.8) is 0 Å². The molecule has 0 unspecified atom stereocenters. The van der Waals surface area contributed by atoms with Crippen LogP contribution in [0, 0.1) is 0 Å². The van der Waals surface area contributed by atoms with Crippen LogP contribution in [-0.2, 0) is 0 Å². The van der Waals surface area contributed by atoms with Crippen LogP contribution in [0.15, 0.2) is 12.1 Å². The minimum atomic E-state index is -0.223. The lowest BCUT2D eigenvalue weighted by Gasteiger charge is -2.17. The van der Waals surface area contributed by atoms with Gasteiger partial charge in [-0.2, -0.15) is 0 Å². The van der Waals surface area contributed by atoms with Crippen LogP contribution >= 0.6 is 0 Å². The Bertz CT molecular complexity index is 365. The van der Waals surface area contributed by atoms with Crippen LogP contribution in [0.3, 0.4) is 0 Å². The van der Waals surface area contributed by atoms with Crippen LogP contribution < -0.4 is 16.0 Å². The van der Waals surface area contributed by atoms with Crippen molar-refractivity contribution in [1.29, 1.82) is 0 Å². The Morgan fingerprint density at radius 1 is 1.33 bits per heavy atom. The molecule has 1 amide bonds. The summed E-state index contributed by atoms with van der Waals surface area (Å²) in [6, 6.07) is 3.48. The van der Waals surface area contributed by atoms with Crippen LogP contribution in [0.5, 0.6) is 0 Å². The molecule has 0 aliphatic rings. The Morgan fingerprint density at radius 3 is 2.67 bits per heavy atom. The zero-order valence-corrected chi connectivity index (χ0v) is 11.0. The van der Waals surface area contributed by atoms with Gasteiger partial charge >= 0.3 is 0 Å². The number of nitrogens with two attached hydrogens (primary N) is 1. The molecule has 6 nitrogen and oxygen atoms in total. The van der Waals surface area contributed by atoms with E-state index in [1.165, 1.54) is 0 Å². The quantitative estimate of drug-likeness (QED) is 0.685. The van der Waals surface area contributed by atoms with E-state index in [4.69, 9.17) is 5.73 Å². The van der Waals surface area contributed by atoms with Gasteiger partial charge in [-0.25, -0.2) is 0 Å². The standard InChI is InChI=1S/C12H21N5O/c1-14-12(18)10-6-7-11(16-15-10)17(2)9-5-3-4-8-13/h6-7H,3-5,8-9,13H2,1-2H3,(H,14,18). The summed E-state index contributed by atoms with van der Waals surface area (Å²) in [6.45, 7) is 1.65. The highest BCUT2D eigenvalue weighted by molar-refractivity contribution is 5.91. The SMILES string of the molecule is CNC(=O)c1ccc(N(C)CCCCCN)nn1. The number of rotatable bonds is 7. The van der Waals surface area contributed by atoms with E-state index < -0.39 is 0 Å². The third-order valence-electron chi connectivity index (χ3n) is 2.70. The zero-order valence-electron chi connectivity index (χ0n) is 11.0. The van der Waals surface area contributed by atoms with Crippen molar-refractivity contribution < 1.29 is 4.79 Å². The number of aromatic nitrogens is 2. The lowest BCUT2D eigenvalue weighted by Crippen LogP contribution is -2.23. The summed E-state index contributed by atoms with van der Waals surface area (Å²) in [5, 5.41) is 10.4. The summed E-state index contributed by atoms with van der Waals surface area (Å²) in [5.41, 5.74) is 5.77. The van der Waals surface area contributed by atoms with Crippen LogP contribution in [0.4, 0.5) is 5.82 Å². The van der Waals surface area contributed by atoms with Gasteiger partial charge in [0.15, 0.2) is 11.5 Å². The molecule has 0 aliphatic heterocycles. The van der Waals surface area contributed by atoms with E-state index >= 15 is 0 Å². The maximum absolute atomic E-state index is 11.3. The second-order valence-electron chi connectivity index (χ2n) is 4.13. The van der Waals surface area contributed by atoms with E-state index in [1.54, 1.807) is 19.2 Å². The highest BCUT2D eigenvalue weighted by atomic mass is 16.1. The average Bonchev–Trinajstić information content (AvgIpc) is 2.42. The molecule has 0 bridgehead atoms. The minimum absolute atomic E-state index is 0.223. The van der Waals surface area contributed by atoms with Gasteiger partial charge in [-0.3, -0.25) is 4.79 Å². The van der Waals surface area contributed by atoms with Gasteiger partial charge in [-0.05, 0) is 31.5 Å². The lowest BCUT2D eigenvalue weighted by atomic mass is 10.2. The fourth-order valence-corrected chi connectivity index (χ4v) is 1.56. The van der Waals surface area contributed by atoms with Gasteiger partial charge in [0.05, 0.1) is 0 Å². The molecule has 1 rings (SSSR count). The average molecular weight is 251 g/mol. The van der Waals surface area contributed by atoms with Crippen molar-refractivity contribution >= 4 is 11.7 Å². The third-order valence-corrected chi connectivity index (χ3v) is 2.70. The molecule has 0 spiro atoms. The molecule has 0 aromatic carbocycles. The predicted molar refractivity (Wildman–Crippen MR) is 71.6 cm³/mol. The Morgan fingerprint density at radius 2 is 2.11 bits per heavy atom. The maximum atomic E-state index is 11.3.